The van der Waals surface area contributed by atoms with Crippen molar-refractivity contribution in [3.8, 4) is 5.75 Å². The molecule has 0 aliphatic carbocycles. The molecule has 2 aromatic carbocycles. The van der Waals surface area contributed by atoms with Gasteiger partial charge in [-0.05, 0) is 68.3 Å². The van der Waals surface area contributed by atoms with Crippen LogP contribution in [0.3, 0.4) is 0 Å². The first-order valence-corrected chi connectivity index (χ1v) is 11.9. The summed E-state index contributed by atoms with van der Waals surface area (Å²) in [6.07, 6.45) is 2.27. The van der Waals surface area contributed by atoms with Crippen molar-refractivity contribution in [1.82, 2.24) is 4.90 Å². The van der Waals surface area contributed by atoms with E-state index in [1.165, 1.54) is 11.8 Å². The lowest BCUT2D eigenvalue weighted by Crippen LogP contribution is -2.25. The van der Waals surface area contributed by atoms with E-state index in [1.807, 2.05) is 6.92 Å². The zero-order chi connectivity index (χ0) is 23.2. The maximum atomic E-state index is 12.5. The SMILES string of the molecule is CCOc1ccc(NC(=O)c2ccc(NC(=O)C[C@@H]3SC(N4CCCC4)=NC3=O)cc2)cc1. The summed E-state index contributed by atoms with van der Waals surface area (Å²) in [5, 5.41) is 5.87. The fourth-order valence-electron chi connectivity index (χ4n) is 3.64. The Kier molecular flexibility index (Phi) is 7.29. The van der Waals surface area contributed by atoms with E-state index in [-0.39, 0.29) is 24.1 Å². The molecule has 2 aliphatic heterocycles. The largest absolute Gasteiger partial charge is 0.494 e. The smallest absolute Gasteiger partial charge is 0.262 e. The van der Waals surface area contributed by atoms with Crippen molar-refractivity contribution >= 4 is 46.0 Å². The second-order valence-electron chi connectivity index (χ2n) is 7.77. The van der Waals surface area contributed by atoms with Crippen molar-refractivity contribution in [1.29, 1.82) is 0 Å². The molecular weight excluding hydrogens is 440 g/mol. The molecule has 0 aromatic heterocycles. The highest BCUT2D eigenvalue weighted by Crippen LogP contribution is 2.29. The molecule has 0 bridgehead atoms. The Balaban J connectivity index is 1.27. The van der Waals surface area contributed by atoms with Crippen molar-refractivity contribution < 1.29 is 19.1 Å². The number of amidine groups is 1. The van der Waals surface area contributed by atoms with Gasteiger partial charge in [-0.1, -0.05) is 11.8 Å². The molecule has 2 aliphatic rings. The van der Waals surface area contributed by atoms with E-state index in [0.29, 0.717) is 23.5 Å². The Bertz CT molecular complexity index is 1050. The standard InChI is InChI=1S/C24H26N4O4S/c1-2-32-19-11-9-18(10-12-19)26-22(30)16-5-7-17(8-6-16)25-21(29)15-20-23(31)27-24(33-20)28-13-3-4-14-28/h5-12,20H,2-4,13-15H2,1H3,(H,25,29)(H,26,30)/t20-/m0/s1. The number of aliphatic imine (C=N–C) groups is 1. The third-order valence-corrected chi connectivity index (χ3v) is 6.54. The van der Waals surface area contributed by atoms with Gasteiger partial charge < -0.3 is 20.3 Å². The van der Waals surface area contributed by atoms with E-state index in [4.69, 9.17) is 4.74 Å². The third-order valence-electron chi connectivity index (χ3n) is 5.33. The quantitative estimate of drug-likeness (QED) is 0.645. The number of likely N-dealkylation sites (tertiary alicyclic amines) is 1. The van der Waals surface area contributed by atoms with E-state index in [1.54, 1.807) is 48.5 Å². The summed E-state index contributed by atoms with van der Waals surface area (Å²) in [4.78, 5) is 43.3. The fourth-order valence-corrected chi connectivity index (χ4v) is 4.76. The van der Waals surface area contributed by atoms with Gasteiger partial charge in [-0.2, -0.15) is 4.99 Å². The van der Waals surface area contributed by atoms with Crippen molar-refractivity contribution in [2.75, 3.05) is 30.3 Å². The molecule has 172 valence electrons. The second-order valence-corrected chi connectivity index (χ2v) is 8.94. The summed E-state index contributed by atoms with van der Waals surface area (Å²) in [6, 6.07) is 13.8. The summed E-state index contributed by atoms with van der Waals surface area (Å²) in [6.45, 7) is 4.32. The zero-order valence-electron chi connectivity index (χ0n) is 18.4. The summed E-state index contributed by atoms with van der Waals surface area (Å²) in [5.74, 6) is -0.0209. The number of carbonyl (C=O) groups excluding carboxylic acids is 3. The summed E-state index contributed by atoms with van der Waals surface area (Å²) >= 11 is 1.37. The van der Waals surface area contributed by atoms with Crippen LogP contribution in [0.4, 0.5) is 11.4 Å². The number of benzene rings is 2. The molecule has 8 nitrogen and oxygen atoms in total. The van der Waals surface area contributed by atoms with Crippen LogP contribution in [0.2, 0.25) is 0 Å². The molecule has 9 heteroatoms. The van der Waals surface area contributed by atoms with Crippen LogP contribution < -0.4 is 15.4 Å². The van der Waals surface area contributed by atoms with Gasteiger partial charge in [-0.25, -0.2) is 0 Å². The van der Waals surface area contributed by atoms with Crippen molar-refractivity contribution in [3.63, 3.8) is 0 Å². The molecule has 3 amide bonds. The molecule has 0 unspecified atom stereocenters. The van der Waals surface area contributed by atoms with E-state index >= 15 is 0 Å². The van der Waals surface area contributed by atoms with Gasteiger partial charge in [0.15, 0.2) is 5.17 Å². The first-order chi connectivity index (χ1) is 16.0. The van der Waals surface area contributed by atoms with Gasteiger partial charge in [-0.3, -0.25) is 14.4 Å². The molecule has 1 saturated heterocycles. The van der Waals surface area contributed by atoms with E-state index in [0.717, 1.165) is 36.8 Å². The normalized spacial score (nSPS) is 17.6. The fraction of sp³-hybridized carbons (Fsp3) is 0.333. The first kappa shape index (κ1) is 22.8. The molecular formula is C24H26N4O4S. The molecule has 33 heavy (non-hydrogen) atoms. The highest BCUT2D eigenvalue weighted by molar-refractivity contribution is 8.15. The second kappa shape index (κ2) is 10.5. The lowest BCUT2D eigenvalue weighted by molar-refractivity contribution is -0.121. The molecule has 1 atom stereocenters. The van der Waals surface area contributed by atoms with Gasteiger partial charge in [-0.15, -0.1) is 0 Å². The van der Waals surface area contributed by atoms with Gasteiger partial charge in [0.25, 0.3) is 11.8 Å². The van der Waals surface area contributed by atoms with Crippen molar-refractivity contribution in [2.45, 2.75) is 31.4 Å². The minimum atomic E-state index is -0.486. The maximum Gasteiger partial charge on any atom is 0.262 e. The van der Waals surface area contributed by atoms with Gasteiger partial charge >= 0.3 is 0 Å². The Labute approximate surface area is 196 Å². The van der Waals surface area contributed by atoms with Crippen LogP contribution in [0.25, 0.3) is 0 Å². The molecule has 2 aromatic rings. The molecule has 2 N–H and O–H groups in total. The van der Waals surface area contributed by atoms with Crippen molar-refractivity contribution in [2.24, 2.45) is 4.99 Å². The van der Waals surface area contributed by atoms with E-state index in [9.17, 15) is 14.4 Å². The zero-order valence-corrected chi connectivity index (χ0v) is 19.2. The maximum absolute atomic E-state index is 12.5. The number of anilines is 2. The topological polar surface area (TPSA) is 100 Å². The number of thioether (sulfide) groups is 1. The monoisotopic (exact) mass is 466 g/mol. The molecule has 0 saturated carbocycles. The number of rotatable bonds is 7. The minimum Gasteiger partial charge on any atom is -0.494 e. The minimum absolute atomic E-state index is 0.0598. The lowest BCUT2D eigenvalue weighted by Gasteiger charge is -2.16. The Morgan fingerprint density at radius 3 is 2.33 bits per heavy atom. The summed E-state index contributed by atoms with van der Waals surface area (Å²) in [5.41, 5.74) is 1.69. The number of ether oxygens (including phenoxy) is 1. The van der Waals surface area contributed by atoms with E-state index < -0.39 is 5.25 Å². The number of amides is 3. The average molecular weight is 467 g/mol. The average Bonchev–Trinajstić information content (AvgIpc) is 3.46. The van der Waals surface area contributed by atoms with Crippen LogP contribution in [-0.4, -0.2) is 52.7 Å². The van der Waals surface area contributed by atoms with E-state index in [2.05, 4.69) is 20.5 Å². The Morgan fingerprint density at radius 1 is 1.03 bits per heavy atom. The number of hydrogen-bond donors (Lipinski definition) is 2. The molecule has 0 radical (unpaired) electrons. The van der Waals surface area contributed by atoms with Crippen molar-refractivity contribution in [3.05, 3.63) is 54.1 Å². The molecule has 2 heterocycles. The number of nitrogens with one attached hydrogen (secondary N) is 2. The van der Waals surface area contributed by atoms with Crippen LogP contribution in [0.15, 0.2) is 53.5 Å². The number of hydrogen-bond acceptors (Lipinski definition) is 6. The Hall–Kier alpha value is -3.33. The molecule has 0 spiro atoms. The van der Waals surface area contributed by atoms with Crippen LogP contribution in [0.5, 0.6) is 5.75 Å². The van der Waals surface area contributed by atoms with Crippen LogP contribution in [0, 0.1) is 0 Å². The number of nitrogens with zero attached hydrogens (tertiary/aromatic N) is 2. The summed E-state index contributed by atoms with van der Waals surface area (Å²) < 4.78 is 5.40. The van der Waals surface area contributed by atoms with Gasteiger partial charge in [0.05, 0.1) is 6.61 Å². The molecule has 1 fully saturated rings. The highest BCUT2D eigenvalue weighted by Gasteiger charge is 2.33. The van der Waals surface area contributed by atoms with Gasteiger partial charge in [0, 0.05) is 36.4 Å². The van der Waals surface area contributed by atoms with Crippen LogP contribution >= 0.6 is 11.8 Å². The van der Waals surface area contributed by atoms with Gasteiger partial charge in [0.1, 0.15) is 11.0 Å². The predicted octanol–water partition coefficient (Wildman–Crippen LogP) is 3.76. The molecule has 4 rings (SSSR count). The Morgan fingerprint density at radius 2 is 1.67 bits per heavy atom. The first-order valence-electron chi connectivity index (χ1n) is 11.0. The predicted molar refractivity (Wildman–Crippen MR) is 130 cm³/mol. The summed E-state index contributed by atoms with van der Waals surface area (Å²) in [7, 11) is 0. The van der Waals surface area contributed by atoms with Gasteiger partial charge in [0.2, 0.25) is 5.91 Å². The highest BCUT2D eigenvalue weighted by atomic mass is 32.2. The lowest BCUT2D eigenvalue weighted by atomic mass is 10.1. The van der Waals surface area contributed by atoms with Crippen LogP contribution in [0.1, 0.15) is 36.5 Å². The number of carbonyl (C=O) groups is 3. The third kappa shape index (κ3) is 5.92. The van der Waals surface area contributed by atoms with Crippen LogP contribution in [-0.2, 0) is 9.59 Å².